The van der Waals surface area contributed by atoms with Crippen molar-refractivity contribution >= 4 is 11.6 Å². The fourth-order valence-corrected chi connectivity index (χ4v) is 3.44. The number of aryl methyl sites for hydroxylation is 2. The van der Waals surface area contributed by atoms with Crippen LogP contribution in [0, 0.1) is 12.8 Å². The molecule has 1 saturated heterocycles. The highest BCUT2D eigenvalue weighted by molar-refractivity contribution is 5.94. The number of nitrogens with one attached hydrogen (secondary N) is 1. The van der Waals surface area contributed by atoms with E-state index >= 15 is 0 Å². The van der Waals surface area contributed by atoms with Crippen LogP contribution in [0.15, 0.2) is 18.2 Å². The molecular weight excluding hydrogens is 248 g/mol. The van der Waals surface area contributed by atoms with Gasteiger partial charge in [0.05, 0.1) is 0 Å². The molecule has 1 atom stereocenters. The molecule has 0 saturated carbocycles. The number of rotatable bonds is 2. The predicted molar refractivity (Wildman–Crippen MR) is 82.1 cm³/mol. The summed E-state index contributed by atoms with van der Waals surface area (Å²) >= 11 is 0. The van der Waals surface area contributed by atoms with Gasteiger partial charge in [-0.25, -0.2) is 0 Å². The summed E-state index contributed by atoms with van der Waals surface area (Å²) in [5.41, 5.74) is 3.77. The highest BCUT2D eigenvalue weighted by atomic mass is 16.2. The Bertz CT molecular complexity index is 492. The molecule has 0 radical (unpaired) electrons. The Morgan fingerprint density at radius 1 is 1.40 bits per heavy atom. The van der Waals surface area contributed by atoms with E-state index in [1.165, 1.54) is 24.0 Å². The van der Waals surface area contributed by atoms with Gasteiger partial charge in [0.1, 0.15) is 0 Å². The van der Waals surface area contributed by atoms with Gasteiger partial charge in [0.2, 0.25) is 5.91 Å². The number of carbonyl (C=O) groups is 1. The Labute approximate surface area is 121 Å². The van der Waals surface area contributed by atoms with E-state index in [9.17, 15) is 4.79 Å². The van der Waals surface area contributed by atoms with Crippen LogP contribution in [0.2, 0.25) is 0 Å². The Morgan fingerprint density at radius 2 is 2.30 bits per heavy atom. The standard InChI is InChI=1S/C17H24N2O/c1-13-6-7-16-15(10-13)5-3-9-19(16)17(20)11-14-4-2-8-18-12-14/h6-7,10,14,18H,2-5,8-9,11-12H2,1H3. The normalized spacial score (nSPS) is 22.4. The zero-order valence-corrected chi connectivity index (χ0v) is 12.3. The van der Waals surface area contributed by atoms with Crippen LogP contribution < -0.4 is 10.2 Å². The van der Waals surface area contributed by atoms with Crippen molar-refractivity contribution in [2.45, 2.75) is 39.0 Å². The van der Waals surface area contributed by atoms with Crippen LogP contribution in [-0.2, 0) is 11.2 Å². The van der Waals surface area contributed by atoms with Crippen molar-refractivity contribution in [3.63, 3.8) is 0 Å². The molecule has 2 heterocycles. The SMILES string of the molecule is Cc1ccc2c(c1)CCCN2C(=O)CC1CCCNC1. The lowest BCUT2D eigenvalue weighted by Gasteiger charge is -2.32. The van der Waals surface area contributed by atoms with Gasteiger partial charge in [0.15, 0.2) is 0 Å². The van der Waals surface area contributed by atoms with Gasteiger partial charge < -0.3 is 10.2 Å². The van der Waals surface area contributed by atoms with Crippen LogP contribution >= 0.6 is 0 Å². The Balaban J connectivity index is 1.72. The van der Waals surface area contributed by atoms with Gasteiger partial charge in [-0.3, -0.25) is 4.79 Å². The van der Waals surface area contributed by atoms with Crippen LogP contribution in [0.1, 0.15) is 36.8 Å². The lowest BCUT2D eigenvalue weighted by atomic mass is 9.94. The third kappa shape index (κ3) is 2.88. The molecule has 2 aliphatic heterocycles. The van der Waals surface area contributed by atoms with Gasteiger partial charge in [-0.2, -0.15) is 0 Å². The number of fused-ring (bicyclic) bond motifs is 1. The first-order chi connectivity index (χ1) is 9.74. The minimum Gasteiger partial charge on any atom is -0.316 e. The lowest BCUT2D eigenvalue weighted by Crippen LogP contribution is -2.39. The number of amides is 1. The van der Waals surface area contributed by atoms with E-state index in [4.69, 9.17) is 0 Å². The van der Waals surface area contributed by atoms with Gasteiger partial charge in [0, 0.05) is 18.7 Å². The number of hydrogen-bond acceptors (Lipinski definition) is 2. The quantitative estimate of drug-likeness (QED) is 0.897. The second-order valence-corrected chi connectivity index (χ2v) is 6.20. The molecular formula is C17H24N2O. The van der Waals surface area contributed by atoms with Crippen molar-refractivity contribution in [2.75, 3.05) is 24.5 Å². The molecule has 108 valence electrons. The molecule has 3 rings (SSSR count). The zero-order valence-electron chi connectivity index (χ0n) is 12.3. The van der Waals surface area contributed by atoms with Crippen molar-refractivity contribution < 1.29 is 4.79 Å². The Hall–Kier alpha value is -1.35. The van der Waals surface area contributed by atoms with E-state index in [1.54, 1.807) is 0 Å². The third-order valence-electron chi connectivity index (χ3n) is 4.52. The summed E-state index contributed by atoms with van der Waals surface area (Å²) in [6, 6.07) is 6.48. The number of nitrogens with zero attached hydrogens (tertiary/aromatic N) is 1. The van der Waals surface area contributed by atoms with Crippen molar-refractivity contribution in [1.29, 1.82) is 0 Å². The molecule has 1 aromatic rings. The van der Waals surface area contributed by atoms with Gasteiger partial charge in [-0.15, -0.1) is 0 Å². The molecule has 1 amide bonds. The van der Waals surface area contributed by atoms with E-state index < -0.39 is 0 Å². The summed E-state index contributed by atoms with van der Waals surface area (Å²) in [6.07, 6.45) is 5.28. The zero-order chi connectivity index (χ0) is 13.9. The van der Waals surface area contributed by atoms with E-state index in [2.05, 4.69) is 30.4 Å². The summed E-state index contributed by atoms with van der Waals surface area (Å²) < 4.78 is 0. The summed E-state index contributed by atoms with van der Waals surface area (Å²) in [5.74, 6) is 0.829. The monoisotopic (exact) mass is 272 g/mol. The second-order valence-electron chi connectivity index (χ2n) is 6.20. The molecule has 0 bridgehead atoms. The summed E-state index contributed by atoms with van der Waals surface area (Å²) in [7, 11) is 0. The molecule has 0 aromatic heterocycles. The summed E-state index contributed by atoms with van der Waals surface area (Å²) in [5, 5.41) is 3.40. The molecule has 1 fully saturated rings. The van der Waals surface area contributed by atoms with Crippen molar-refractivity contribution in [3.8, 4) is 0 Å². The van der Waals surface area contributed by atoms with Gasteiger partial charge in [-0.05, 0) is 63.2 Å². The first-order valence-electron chi connectivity index (χ1n) is 7.84. The average molecular weight is 272 g/mol. The Morgan fingerprint density at radius 3 is 3.10 bits per heavy atom. The van der Waals surface area contributed by atoms with Crippen LogP contribution in [0.5, 0.6) is 0 Å². The van der Waals surface area contributed by atoms with E-state index in [0.29, 0.717) is 18.2 Å². The topological polar surface area (TPSA) is 32.3 Å². The fraction of sp³-hybridized carbons (Fsp3) is 0.588. The maximum atomic E-state index is 12.6. The summed E-state index contributed by atoms with van der Waals surface area (Å²) in [4.78, 5) is 14.6. The van der Waals surface area contributed by atoms with Gasteiger partial charge >= 0.3 is 0 Å². The smallest absolute Gasteiger partial charge is 0.227 e. The van der Waals surface area contributed by atoms with Crippen molar-refractivity contribution in [3.05, 3.63) is 29.3 Å². The first kappa shape index (κ1) is 13.6. The highest BCUT2D eigenvalue weighted by Crippen LogP contribution is 2.29. The maximum absolute atomic E-state index is 12.6. The van der Waals surface area contributed by atoms with E-state index in [1.807, 2.05) is 4.90 Å². The van der Waals surface area contributed by atoms with E-state index in [-0.39, 0.29) is 0 Å². The van der Waals surface area contributed by atoms with Crippen LogP contribution in [0.25, 0.3) is 0 Å². The Kier molecular flexibility index (Phi) is 4.06. The maximum Gasteiger partial charge on any atom is 0.227 e. The number of anilines is 1. The molecule has 20 heavy (non-hydrogen) atoms. The molecule has 1 aromatic carbocycles. The van der Waals surface area contributed by atoms with Crippen molar-refractivity contribution in [1.82, 2.24) is 5.32 Å². The minimum atomic E-state index is 0.309. The number of piperidine rings is 1. The average Bonchev–Trinajstić information content (AvgIpc) is 2.47. The second kappa shape index (κ2) is 5.96. The molecule has 1 unspecified atom stereocenters. The van der Waals surface area contributed by atoms with E-state index in [0.717, 1.165) is 38.2 Å². The largest absolute Gasteiger partial charge is 0.316 e. The number of benzene rings is 1. The molecule has 2 aliphatic rings. The van der Waals surface area contributed by atoms with Gasteiger partial charge in [0.25, 0.3) is 0 Å². The predicted octanol–water partition coefficient (Wildman–Crippen LogP) is 2.66. The van der Waals surface area contributed by atoms with Crippen molar-refractivity contribution in [2.24, 2.45) is 5.92 Å². The fourth-order valence-electron chi connectivity index (χ4n) is 3.44. The van der Waals surface area contributed by atoms with Gasteiger partial charge in [-0.1, -0.05) is 17.7 Å². The number of carbonyl (C=O) groups excluding carboxylic acids is 1. The highest BCUT2D eigenvalue weighted by Gasteiger charge is 2.25. The molecule has 0 aliphatic carbocycles. The molecule has 3 heteroatoms. The number of hydrogen-bond donors (Lipinski definition) is 1. The summed E-state index contributed by atoms with van der Waals surface area (Å²) in [6.45, 7) is 5.11. The minimum absolute atomic E-state index is 0.309. The third-order valence-corrected chi connectivity index (χ3v) is 4.52. The molecule has 3 nitrogen and oxygen atoms in total. The lowest BCUT2D eigenvalue weighted by molar-refractivity contribution is -0.119. The molecule has 1 N–H and O–H groups in total. The van der Waals surface area contributed by atoms with Crippen LogP contribution in [0.3, 0.4) is 0 Å². The molecule has 0 spiro atoms. The van der Waals surface area contributed by atoms with Crippen LogP contribution in [0.4, 0.5) is 5.69 Å². The first-order valence-corrected chi connectivity index (χ1v) is 7.84. The van der Waals surface area contributed by atoms with Crippen LogP contribution in [-0.4, -0.2) is 25.5 Å².